The molecule has 4 rings (SSSR count). The van der Waals surface area contributed by atoms with Gasteiger partial charge in [-0.3, -0.25) is 0 Å². The van der Waals surface area contributed by atoms with Crippen LogP contribution in [0.2, 0.25) is 0 Å². The first-order valence-corrected chi connectivity index (χ1v) is 14.0. The van der Waals surface area contributed by atoms with E-state index in [0.717, 1.165) is 18.3 Å². The molecule has 1 nitrogen and oxygen atoms in total. The van der Waals surface area contributed by atoms with Gasteiger partial charge in [0.2, 0.25) is 0 Å². The van der Waals surface area contributed by atoms with Crippen LogP contribution in [0.25, 0.3) is 0 Å². The minimum Gasteiger partial charge on any atom is -0.393 e. The fraction of sp³-hybridized carbons (Fsp3) is 0.871. The lowest BCUT2D eigenvalue weighted by molar-refractivity contribution is -0.0963. The van der Waals surface area contributed by atoms with Crippen molar-refractivity contribution in [2.75, 3.05) is 0 Å². The second kappa shape index (κ2) is 8.28. The van der Waals surface area contributed by atoms with E-state index in [2.05, 4.69) is 67.5 Å². The van der Waals surface area contributed by atoms with E-state index in [1.165, 1.54) is 57.8 Å². The first-order chi connectivity index (χ1) is 14.9. The fourth-order valence-corrected chi connectivity index (χ4v) is 9.61. The minimum absolute atomic E-state index is 0.0431. The van der Waals surface area contributed by atoms with Crippen molar-refractivity contribution in [3.05, 3.63) is 23.3 Å². The summed E-state index contributed by atoms with van der Waals surface area (Å²) in [5, 5.41) is 10.8. The van der Waals surface area contributed by atoms with Crippen molar-refractivity contribution in [2.24, 2.45) is 45.3 Å². The molecule has 0 bridgehead atoms. The summed E-state index contributed by atoms with van der Waals surface area (Å²) >= 11 is 0. The Morgan fingerprint density at radius 3 is 2.31 bits per heavy atom. The summed E-state index contributed by atoms with van der Waals surface area (Å²) in [7, 11) is 0. The van der Waals surface area contributed by atoms with Crippen LogP contribution in [0.15, 0.2) is 23.3 Å². The van der Waals surface area contributed by atoms with Gasteiger partial charge < -0.3 is 5.11 Å². The molecule has 0 heterocycles. The Morgan fingerprint density at radius 1 is 0.938 bits per heavy atom. The van der Waals surface area contributed by atoms with Crippen LogP contribution in [0.4, 0.5) is 0 Å². The molecule has 0 aromatic rings. The Balaban J connectivity index is 1.67. The molecule has 0 amide bonds. The number of hydrogen-bond acceptors (Lipinski definition) is 1. The van der Waals surface area contributed by atoms with Crippen LogP contribution in [0.5, 0.6) is 0 Å². The average Bonchev–Trinajstić information content (AvgIpc) is 3.00. The smallest absolute Gasteiger partial charge is 0.0594 e. The highest BCUT2D eigenvalue weighted by atomic mass is 16.3. The van der Waals surface area contributed by atoms with Crippen LogP contribution in [0.1, 0.15) is 120 Å². The lowest BCUT2D eigenvalue weighted by atomic mass is 9.43. The van der Waals surface area contributed by atoms with Crippen LogP contribution in [0.3, 0.4) is 0 Å². The summed E-state index contributed by atoms with van der Waals surface area (Å²) in [4.78, 5) is 0. The summed E-state index contributed by atoms with van der Waals surface area (Å²) < 4.78 is 0. The second-order valence-electron chi connectivity index (χ2n) is 13.8. The molecule has 0 aromatic heterocycles. The Hall–Kier alpha value is -0.560. The largest absolute Gasteiger partial charge is 0.393 e. The first kappa shape index (κ1) is 24.6. The Bertz CT molecular complexity index is 771. The normalized spacial score (nSPS) is 44.5. The standard InChI is InChI=1S/C31H52O/c1-9-22(12-10-11-21(2)3)23-15-19-31(8)25-13-14-26-28(4,5)27(32)17-18-29(26,6)24(25)16-20-30(23,31)7/h10-11,21-23,26-27,32H,9,12-20H2,1-8H3/b11-10+/t22-,23-,26+,27+,29-,30-,31+/m1/s1. The van der Waals surface area contributed by atoms with E-state index in [1.807, 2.05) is 11.1 Å². The molecule has 32 heavy (non-hydrogen) atoms. The van der Waals surface area contributed by atoms with Gasteiger partial charge in [0.15, 0.2) is 0 Å². The first-order valence-electron chi connectivity index (χ1n) is 14.0. The molecular weight excluding hydrogens is 388 g/mol. The molecule has 1 heteroatoms. The van der Waals surface area contributed by atoms with Crippen molar-refractivity contribution < 1.29 is 5.11 Å². The van der Waals surface area contributed by atoms with E-state index in [-0.39, 0.29) is 11.5 Å². The minimum atomic E-state index is -0.132. The molecule has 0 unspecified atom stereocenters. The predicted molar refractivity (Wildman–Crippen MR) is 137 cm³/mol. The van der Waals surface area contributed by atoms with E-state index in [1.54, 1.807) is 0 Å². The zero-order chi connectivity index (χ0) is 23.5. The SMILES string of the molecule is CC[C@H](C/C=C/C(C)C)[C@H]1CC[C@@]2(C)C3=C(CC[C@]12C)[C@@]1(C)CC[C@H](O)C(C)(C)[C@@H]1CC3. The maximum Gasteiger partial charge on any atom is 0.0594 e. The fourth-order valence-electron chi connectivity index (χ4n) is 9.61. The van der Waals surface area contributed by atoms with E-state index >= 15 is 0 Å². The molecule has 7 atom stereocenters. The van der Waals surface area contributed by atoms with Crippen molar-refractivity contribution in [3.63, 3.8) is 0 Å². The third kappa shape index (κ3) is 3.42. The molecule has 0 saturated heterocycles. The summed E-state index contributed by atoms with van der Waals surface area (Å²) in [6.45, 7) is 19.7. The quantitative estimate of drug-likeness (QED) is 0.424. The van der Waals surface area contributed by atoms with E-state index in [9.17, 15) is 5.11 Å². The molecular formula is C31H52O. The van der Waals surface area contributed by atoms with Gasteiger partial charge >= 0.3 is 0 Å². The monoisotopic (exact) mass is 440 g/mol. The lowest BCUT2D eigenvalue weighted by Gasteiger charge is -2.62. The van der Waals surface area contributed by atoms with Crippen molar-refractivity contribution in [1.29, 1.82) is 0 Å². The average molecular weight is 441 g/mol. The van der Waals surface area contributed by atoms with Gasteiger partial charge in [-0.05, 0) is 103 Å². The zero-order valence-electron chi connectivity index (χ0n) is 22.6. The van der Waals surface area contributed by atoms with Gasteiger partial charge in [0.1, 0.15) is 0 Å². The van der Waals surface area contributed by atoms with Gasteiger partial charge in [-0.1, -0.05) is 85.1 Å². The third-order valence-electron chi connectivity index (χ3n) is 11.8. The highest BCUT2D eigenvalue weighted by Crippen LogP contribution is 2.72. The summed E-state index contributed by atoms with van der Waals surface area (Å²) in [5.41, 5.74) is 4.92. The molecule has 0 aromatic carbocycles. The van der Waals surface area contributed by atoms with Gasteiger partial charge in [-0.25, -0.2) is 0 Å². The Labute approximate surface area is 199 Å². The van der Waals surface area contributed by atoms with Crippen molar-refractivity contribution >= 4 is 0 Å². The highest BCUT2D eigenvalue weighted by molar-refractivity contribution is 5.38. The van der Waals surface area contributed by atoms with Crippen LogP contribution < -0.4 is 0 Å². The van der Waals surface area contributed by atoms with E-state index in [4.69, 9.17) is 0 Å². The number of allylic oxidation sites excluding steroid dienone is 4. The van der Waals surface area contributed by atoms with Crippen molar-refractivity contribution in [1.82, 2.24) is 0 Å². The van der Waals surface area contributed by atoms with E-state index < -0.39 is 0 Å². The maximum atomic E-state index is 10.8. The molecule has 2 saturated carbocycles. The molecule has 0 aliphatic heterocycles. The number of fused-ring (bicyclic) bond motifs is 4. The lowest BCUT2D eigenvalue weighted by Crippen LogP contribution is -2.55. The molecule has 0 spiro atoms. The number of rotatable bonds is 5. The van der Waals surface area contributed by atoms with Crippen LogP contribution in [-0.2, 0) is 0 Å². The summed E-state index contributed by atoms with van der Waals surface area (Å²) in [6, 6.07) is 0. The van der Waals surface area contributed by atoms with E-state index in [0.29, 0.717) is 28.1 Å². The second-order valence-corrected chi connectivity index (χ2v) is 13.8. The highest BCUT2D eigenvalue weighted by Gasteiger charge is 2.63. The molecule has 0 radical (unpaired) electrons. The van der Waals surface area contributed by atoms with Crippen molar-refractivity contribution in [2.45, 2.75) is 126 Å². The third-order valence-corrected chi connectivity index (χ3v) is 11.8. The van der Waals surface area contributed by atoms with Gasteiger partial charge in [0.25, 0.3) is 0 Å². The zero-order valence-corrected chi connectivity index (χ0v) is 22.6. The molecule has 1 N–H and O–H groups in total. The Kier molecular flexibility index (Phi) is 6.36. The summed E-state index contributed by atoms with van der Waals surface area (Å²) in [5.74, 6) is 2.98. The van der Waals surface area contributed by atoms with Crippen LogP contribution >= 0.6 is 0 Å². The van der Waals surface area contributed by atoms with Gasteiger partial charge in [-0.15, -0.1) is 0 Å². The predicted octanol–water partition coefficient (Wildman–Crippen LogP) is 8.73. The molecule has 4 aliphatic rings. The van der Waals surface area contributed by atoms with Gasteiger partial charge in [0, 0.05) is 0 Å². The molecule has 4 aliphatic carbocycles. The van der Waals surface area contributed by atoms with Crippen LogP contribution in [0, 0.1) is 45.3 Å². The van der Waals surface area contributed by atoms with Crippen LogP contribution in [-0.4, -0.2) is 11.2 Å². The number of aliphatic hydroxyl groups excluding tert-OH is 1. The maximum absolute atomic E-state index is 10.8. The number of aliphatic hydroxyl groups is 1. The summed E-state index contributed by atoms with van der Waals surface area (Å²) in [6.07, 6.45) is 17.6. The van der Waals surface area contributed by atoms with Gasteiger partial charge in [0.05, 0.1) is 6.10 Å². The van der Waals surface area contributed by atoms with Gasteiger partial charge in [-0.2, -0.15) is 0 Å². The number of hydrogen-bond donors (Lipinski definition) is 1. The topological polar surface area (TPSA) is 20.2 Å². The van der Waals surface area contributed by atoms with Crippen molar-refractivity contribution in [3.8, 4) is 0 Å². The molecule has 2 fully saturated rings. The Morgan fingerprint density at radius 2 is 1.66 bits per heavy atom. The molecule has 182 valence electrons.